The largest absolute Gasteiger partial charge is 0.391 e. The molecule has 1 saturated heterocycles. The second-order valence-corrected chi connectivity index (χ2v) is 16.2. The Morgan fingerprint density at radius 2 is 1.74 bits per heavy atom. The minimum absolute atomic E-state index is 0.0214. The molecule has 2 aliphatic rings. The molecule has 1 aliphatic carbocycles. The van der Waals surface area contributed by atoms with Gasteiger partial charge in [-0.25, -0.2) is 5.10 Å². The van der Waals surface area contributed by atoms with Gasteiger partial charge in [-0.05, 0) is 55.9 Å². The number of nitrogens with zero attached hydrogens (tertiary/aromatic N) is 3. The Morgan fingerprint density at radius 1 is 1.00 bits per heavy atom. The van der Waals surface area contributed by atoms with Gasteiger partial charge in [-0.1, -0.05) is 96.0 Å². The molecule has 3 amide bonds. The van der Waals surface area contributed by atoms with Crippen molar-refractivity contribution < 1.29 is 33.7 Å². The molecular formula is C42H70N8O7. The number of hydrogen-bond donors (Lipinski definition) is 6. The molecule has 2 heterocycles. The number of anilines is 2. The molecule has 320 valence electrons. The molecule has 2 fully saturated rings. The number of carbonyl (C=O) groups excluding carboxylic acids is 3. The molecule has 2 aromatic rings. The number of nitrogen functional groups attached to an aromatic ring is 1. The maximum atomic E-state index is 14.4. The second-order valence-electron chi connectivity index (χ2n) is 16.2. The zero-order chi connectivity index (χ0) is 41.0. The van der Waals surface area contributed by atoms with Gasteiger partial charge in [0.1, 0.15) is 19.0 Å². The third kappa shape index (κ3) is 15.8. The number of nitrogens with two attached hydrogens (primary N) is 1. The number of hydrogen-bond acceptors (Lipinski definition) is 11. The highest BCUT2D eigenvalue weighted by molar-refractivity contribution is 5.84. The number of methoxy groups -OCH3 is 1. The molecule has 15 nitrogen and oxygen atoms in total. The zero-order valence-corrected chi connectivity index (χ0v) is 34.8. The van der Waals surface area contributed by atoms with Gasteiger partial charge in [-0.2, -0.15) is 4.98 Å². The SMILES string of the molecule is CCCCC(OC(Cc1ccccc1)C(=O)N1CCC(OCOC)CC1)C(=O)NC(CC1CCCCC1)C(O)CC(C(=O)NCCCNc1n[nH]c(N)n1)C(C)C. The quantitative estimate of drug-likeness (QED) is 0.0606. The summed E-state index contributed by atoms with van der Waals surface area (Å²) in [6.07, 6.45) is 8.03. The van der Waals surface area contributed by atoms with E-state index in [1.165, 1.54) is 6.42 Å². The first kappa shape index (κ1) is 45.9. The van der Waals surface area contributed by atoms with E-state index in [4.69, 9.17) is 19.9 Å². The highest BCUT2D eigenvalue weighted by Gasteiger charge is 2.36. The molecule has 15 heteroatoms. The van der Waals surface area contributed by atoms with Crippen molar-refractivity contribution in [2.45, 2.75) is 141 Å². The molecule has 1 saturated carbocycles. The first-order valence-corrected chi connectivity index (χ1v) is 21.3. The van der Waals surface area contributed by atoms with Crippen LogP contribution in [0, 0.1) is 17.8 Å². The minimum atomic E-state index is -0.956. The van der Waals surface area contributed by atoms with Gasteiger partial charge in [-0.15, -0.1) is 5.10 Å². The van der Waals surface area contributed by atoms with Crippen molar-refractivity contribution in [1.29, 1.82) is 0 Å². The van der Waals surface area contributed by atoms with Gasteiger partial charge in [0, 0.05) is 45.6 Å². The molecule has 5 atom stereocenters. The summed E-state index contributed by atoms with van der Waals surface area (Å²) in [6, 6.07) is 9.18. The normalized spacial score (nSPS) is 18.1. The van der Waals surface area contributed by atoms with Crippen LogP contribution in [0.25, 0.3) is 0 Å². The molecule has 4 rings (SSSR count). The zero-order valence-electron chi connectivity index (χ0n) is 34.8. The van der Waals surface area contributed by atoms with E-state index >= 15 is 0 Å². The van der Waals surface area contributed by atoms with Gasteiger partial charge < -0.3 is 45.9 Å². The first-order chi connectivity index (χ1) is 27.6. The van der Waals surface area contributed by atoms with Crippen LogP contribution in [-0.2, 0) is 35.0 Å². The van der Waals surface area contributed by atoms with Gasteiger partial charge in [0.15, 0.2) is 0 Å². The molecule has 5 unspecified atom stereocenters. The van der Waals surface area contributed by atoms with Crippen LogP contribution in [0.5, 0.6) is 0 Å². The van der Waals surface area contributed by atoms with Crippen LogP contribution in [0.15, 0.2) is 30.3 Å². The Hall–Kier alpha value is -3.79. The van der Waals surface area contributed by atoms with Crippen LogP contribution in [0.3, 0.4) is 0 Å². The summed E-state index contributed by atoms with van der Waals surface area (Å²) in [7, 11) is 1.60. The number of carbonyl (C=O) groups is 3. The Morgan fingerprint density at radius 3 is 2.39 bits per heavy atom. The average Bonchev–Trinajstić information content (AvgIpc) is 3.64. The van der Waals surface area contributed by atoms with Crippen molar-refractivity contribution in [3.8, 4) is 0 Å². The summed E-state index contributed by atoms with van der Waals surface area (Å²) in [6.45, 7) is 8.28. The highest BCUT2D eigenvalue weighted by atomic mass is 16.7. The Kier molecular flexibility index (Phi) is 20.0. The average molecular weight is 799 g/mol. The first-order valence-electron chi connectivity index (χ1n) is 21.3. The Balaban J connectivity index is 1.45. The number of aliphatic hydroxyl groups excluding tert-OH is 1. The maximum absolute atomic E-state index is 14.4. The van der Waals surface area contributed by atoms with Crippen LogP contribution in [0.4, 0.5) is 11.9 Å². The number of likely N-dealkylation sites (tertiary alicyclic amines) is 1. The summed E-state index contributed by atoms with van der Waals surface area (Å²) in [5, 5.41) is 27.8. The predicted molar refractivity (Wildman–Crippen MR) is 220 cm³/mol. The third-order valence-electron chi connectivity index (χ3n) is 11.3. The van der Waals surface area contributed by atoms with E-state index in [9.17, 15) is 19.5 Å². The van der Waals surface area contributed by atoms with Gasteiger partial charge in [-0.3, -0.25) is 14.4 Å². The molecule has 57 heavy (non-hydrogen) atoms. The van der Waals surface area contributed by atoms with Crippen LogP contribution in [0.2, 0.25) is 0 Å². The molecule has 0 radical (unpaired) electrons. The summed E-state index contributed by atoms with van der Waals surface area (Å²) in [5.74, 6) is -0.112. The third-order valence-corrected chi connectivity index (χ3v) is 11.3. The lowest BCUT2D eigenvalue weighted by atomic mass is 9.81. The number of rotatable bonds is 25. The topological polar surface area (TPSA) is 206 Å². The van der Waals surface area contributed by atoms with Crippen molar-refractivity contribution in [3.05, 3.63) is 35.9 Å². The molecule has 1 aromatic heterocycles. The van der Waals surface area contributed by atoms with E-state index in [1.54, 1.807) is 7.11 Å². The molecule has 0 spiro atoms. The minimum Gasteiger partial charge on any atom is -0.391 e. The number of unbranched alkanes of at least 4 members (excludes halogenated alkanes) is 1. The Labute approximate surface area is 339 Å². The van der Waals surface area contributed by atoms with E-state index < -0.39 is 30.3 Å². The van der Waals surface area contributed by atoms with Crippen LogP contribution >= 0.6 is 0 Å². The highest BCUT2D eigenvalue weighted by Crippen LogP contribution is 2.30. The number of amides is 3. The summed E-state index contributed by atoms with van der Waals surface area (Å²) < 4.78 is 17.5. The lowest BCUT2D eigenvalue weighted by Crippen LogP contribution is -2.52. The lowest BCUT2D eigenvalue weighted by molar-refractivity contribution is -0.157. The summed E-state index contributed by atoms with van der Waals surface area (Å²) >= 11 is 0. The predicted octanol–water partition coefficient (Wildman–Crippen LogP) is 4.58. The number of benzene rings is 1. The van der Waals surface area contributed by atoms with Crippen molar-refractivity contribution >= 4 is 29.6 Å². The fourth-order valence-electron chi connectivity index (χ4n) is 7.94. The van der Waals surface area contributed by atoms with Crippen LogP contribution in [-0.4, -0.2) is 113 Å². The number of H-pyrrole nitrogens is 1. The van der Waals surface area contributed by atoms with Gasteiger partial charge in [0.05, 0.1) is 18.2 Å². The summed E-state index contributed by atoms with van der Waals surface area (Å²) in [4.78, 5) is 47.9. The fraction of sp³-hybridized carbons (Fsp3) is 0.738. The van der Waals surface area contributed by atoms with E-state index in [2.05, 4.69) is 38.1 Å². The van der Waals surface area contributed by atoms with Crippen LogP contribution < -0.4 is 21.7 Å². The molecule has 1 aromatic carbocycles. The second kappa shape index (κ2) is 24.9. The standard InChI is InChI=1S/C42H70N8O7/c1-5-6-18-36(57-37(26-31-16-11-8-12-17-31)40(54)50-23-19-32(20-24-50)56-28-55-4)39(53)46-34(25-30-14-9-7-10-15-30)35(51)27-33(29(2)3)38(52)44-21-13-22-45-42-47-41(43)48-49-42/h8,11-12,16-17,29-30,32-37,51H,5-7,9-10,13-15,18-28H2,1-4H3,(H,44,52)(H,46,53)(H4,43,45,47,48,49). The van der Waals surface area contributed by atoms with Crippen molar-refractivity contribution in [2.75, 3.05) is 51.1 Å². The number of aliphatic hydroxyl groups is 1. The van der Waals surface area contributed by atoms with Crippen molar-refractivity contribution in [1.82, 2.24) is 30.7 Å². The molecule has 7 N–H and O–H groups in total. The van der Waals surface area contributed by atoms with E-state index in [-0.39, 0.29) is 48.9 Å². The number of nitrogens with one attached hydrogen (secondary N) is 4. The van der Waals surface area contributed by atoms with Gasteiger partial charge >= 0.3 is 0 Å². The van der Waals surface area contributed by atoms with Gasteiger partial charge in [0.2, 0.25) is 23.7 Å². The van der Waals surface area contributed by atoms with Gasteiger partial charge in [0.25, 0.3) is 5.91 Å². The monoisotopic (exact) mass is 799 g/mol. The Bertz CT molecular complexity index is 1450. The number of aromatic amines is 1. The molecule has 1 aliphatic heterocycles. The number of piperidine rings is 1. The van der Waals surface area contributed by atoms with E-state index in [0.29, 0.717) is 76.6 Å². The lowest BCUT2D eigenvalue weighted by Gasteiger charge is -2.36. The summed E-state index contributed by atoms with van der Waals surface area (Å²) in [5.41, 5.74) is 6.53. The molecular weight excluding hydrogens is 729 g/mol. The molecule has 0 bridgehead atoms. The number of ether oxygens (including phenoxy) is 3. The fourth-order valence-corrected chi connectivity index (χ4v) is 7.94. The number of aromatic nitrogens is 3. The van der Waals surface area contributed by atoms with Crippen molar-refractivity contribution in [2.24, 2.45) is 17.8 Å². The maximum Gasteiger partial charge on any atom is 0.252 e. The van der Waals surface area contributed by atoms with Crippen molar-refractivity contribution in [3.63, 3.8) is 0 Å². The van der Waals surface area contributed by atoms with E-state index in [1.807, 2.05) is 49.1 Å². The van der Waals surface area contributed by atoms with E-state index in [0.717, 1.165) is 44.1 Å². The van der Waals surface area contributed by atoms with Crippen LogP contribution in [0.1, 0.15) is 110 Å². The smallest absolute Gasteiger partial charge is 0.252 e.